The van der Waals surface area contributed by atoms with Crippen LogP contribution in [0.15, 0.2) is 24.3 Å². The van der Waals surface area contributed by atoms with Crippen molar-refractivity contribution in [3.63, 3.8) is 0 Å². The predicted molar refractivity (Wildman–Crippen MR) is 47.1 cm³/mol. The van der Waals surface area contributed by atoms with E-state index in [2.05, 4.69) is 0 Å². The summed E-state index contributed by atoms with van der Waals surface area (Å²) in [6.07, 6.45) is -0.167. The van der Waals surface area contributed by atoms with Crippen LogP contribution in [0.1, 0.15) is 13.8 Å². The first-order chi connectivity index (χ1) is 5.54. The summed E-state index contributed by atoms with van der Waals surface area (Å²) in [6, 6.07) is 6.15. The fourth-order valence-corrected chi connectivity index (χ4v) is 0.464. The standard InChI is InChI=1S/C6H6O2.C3H8O/c7-5-3-1-2-4-6(5)8;1-3(2)4/h1-4,7-8H;3-4H,1-2H3. The van der Waals surface area contributed by atoms with Crippen molar-refractivity contribution >= 4 is 0 Å². The maximum Gasteiger partial charge on any atom is 0.157 e. The molecular formula is C9H14O3. The van der Waals surface area contributed by atoms with Gasteiger partial charge in [0.05, 0.1) is 0 Å². The molecule has 1 rings (SSSR count). The summed E-state index contributed by atoms with van der Waals surface area (Å²) in [5, 5.41) is 25.4. The van der Waals surface area contributed by atoms with Gasteiger partial charge < -0.3 is 15.3 Å². The molecule has 0 unspecified atom stereocenters. The number of hydrogen-bond donors (Lipinski definition) is 3. The lowest BCUT2D eigenvalue weighted by Crippen LogP contribution is -1.85. The third kappa shape index (κ3) is 5.56. The average molecular weight is 170 g/mol. The van der Waals surface area contributed by atoms with Crippen LogP contribution in [0.5, 0.6) is 11.5 Å². The molecule has 0 radical (unpaired) electrons. The van der Waals surface area contributed by atoms with Crippen LogP contribution in [0.2, 0.25) is 0 Å². The first-order valence-electron chi connectivity index (χ1n) is 3.69. The van der Waals surface area contributed by atoms with Gasteiger partial charge in [-0.2, -0.15) is 0 Å². The Balaban J connectivity index is 0.000000261. The van der Waals surface area contributed by atoms with E-state index >= 15 is 0 Å². The third-order valence-electron chi connectivity index (χ3n) is 0.882. The Bertz CT molecular complexity index is 197. The number of phenolic OH excluding ortho intramolecular Hbond substituents is 2. The molecule has 0 amide bonds. The summed E-state index contributed by atoms with van der Waals surface area (Å²) in [7, 11) is 0. The molecule has 0 bridgehead atoms. The molecule has 0 aromatic heterocycles. The molecule has 3 nitrogen and oxygen atoms in total. The Hall–Kier alpha value is -1.22. The molecule has 0 saturated heterocycles. The van der Waals surface area contributed by atoms with E-state index in [1.54, 1.807) is 26.0 Å². The highest BCUT2D eigenvalue weighted by Crippen LogP contribution is 2.21. The molecule has 0 spiro atoms. The SMILES string of the molecule is CC(C)O.Oc1ccccc1O. The zero-order chi connectivity index (χ0) is 9.56. The van der Waals surface area contributed by atoms with Crippen LogP contribution in [0.25, 0.3) is 0 Å². The Kier molecular flexibility index (Phi) is 4.88. The monoisotopic (exact) mass is 170 g/mol. The Morgan fingerprint density at radius 2 is 1.25 bits per heavy atom. The summed E-state index contributed by atoms with van der Waals surface area (Å²) in [4.78, 5) is 0. The van der Waals surface area contributed by atoms with E-state index in [1.807, 2.05) is 0 Å². The van der Waals surface area contributed by atoms with Crippen molar-refractivity contribution in [3.05, 3.63) is 24.3 Å². The lowest BCUT2D eigenvalue weighted by molar-refractivity contribution is 0.216. The Morgan fingerprint density at radius 3 is 1.42 bits per heavy atom. The topological polar surface area (TPSA) is 60.7 Å². The molecule has 0 saturated carbocycles. The smallest absolute Gasteiger partial charge is 0.157 e. The van der Waals surface area contributed by atoms with Gasteiger partial charge in [0.15, 0.2) is 11.5 Å². The fourth-order valence-electron chi connectivity index (χ4n) is 0.464. The van der Waals surface area contributed by atoms with Crippen molar-refractivity contribution in [2.24, 2.45) is 0 Å². The van der Waals surface area contributed by atoms with Gasteiger partial charge in [0.1, 0.15) is 0 Å². The average Bonchev–Trinajstić information content (AvgIpc) is 1.94. The maximum absolute atomic E-state index is 8.67. The van der Waals surface area contributed by atoms with E-state index < -0.39 is 0 Å². The number of rotatable bonds is 0. The molecule has 0 heterocycles. The number of hydrogen-bond acceptors (Lipinski definition) is 3. The Labute approximate surface area is 71.9 Å². The highest BCUT2D eigenvalue weighted by atomic mass is 16.3. The first-order valence-corrected chi connectivity index (χ1v) is 3.69. The minimum atomic E-state index is -0.167. The van der Waals surface area contributed by atoms with Crippen LogP contribution in [0.4, 0.5) is 0 Å². The van der Waals surface area contributed by atoms with Gasteiger partial charge in [0.25, 0.3) is 0 Å². The number of aliphatic hydroxyl groups excluding tert-OH is 1. The Morgan fingerprint density at radius 1 is 1.00 bits per heavy atom. The summed E-state index contributed by atoms with van der Waals surface area (Å²) >= 11 is 0. The summed E-state index contributed by atoms with van der Waals surface area (Å²) < 4.78 is 0. The quantitative estimate of drug-likeness (QED) is 0.517. The molecule has 0 aliphatic heterocycles. The van der Waals surface area contributed by atoms with Crippen LogP contribution in [0.3, 0.4) is 0 Å². The molecule has 0 fully saturated rings. The minimum absolute atomic E-state index is 0.0764. The minimum Gasteiger partial charge on any atom is -0.504 e. The van der Waals surface area contributed by atoms with Gasteiger partial charge in [-0.15, -0.1) is 0 Å². The molecule has 1 aromatic rings. The molecule has 0 aliphatic rings. The number of para-hydroxylation sites is 2. The largest absolute Gasteiger partial charge is 0.504 e. The van der Waals surface area contributed by atoms with Crippen molar-refractivity contribution in [1.29, 1.82) is 0 Å². The predicted octanol–water partition coefficient (Wildman–Crippen LogP) is 1.48. The third-order valence-corrected chi connectivity index (χ3v) is 0.882. The molecule has 12 heavy (non-hydrogen) atoms. The molecule has 0 atom stereocenters. The molecule has 3 heteroatoms. The van der Waals surface area contributed by atoms with Crippen LogP contribution in [-0.4, -0.2) is 21.4 Å². The molecule has 68 valence electrons. The van der Waals surface area contributed by atoms with Gasteiger partial charge in [-0.1, -0.05) is 12.1 Å². The van der Waals surface area contributed by atoms with Gasteiger partial charge >= 0.3 is 0 Å². The molecule has 0 aliphatic carbocycles. The van der Waals surface area contributed by atoms with Crippen molar-refractivity contribution in [3.8, 4) is 11.5 Å². The van der Waals surface area contributed by atoms with E-state index in [9.17, 15) is 0 Å². The van der Waals surface area contributed by atoms with Gasteiger partial charge in [0, 0.05) is 6.10 Å². The highest BCUT2D eigenvalue weighted by molar-refractivity contribution is 5.36. The van der Waals surface area contributed by atoms with Crippen LogP contribution in [0, 0.1) is 0 Å². The van der Waals surface area contributed by atoms with E-state index in [-0.39, 0.29) is 17.6 Å². The van der Waals surface area contributed by atoms with Gasteiger partial charge in [0.2, 0.25) is 0 Å². The maximum atomic E-state index is 8.67. The van der Waals surface area contributed by atoms with Crippen LogP contribution in [-0.2, 0) is 0 Å². The lowest BCUT2D eigenvalue weighted by Gasteiger charge is -1.91. The van der Waals surface area contributed by atoms with E-state index in [0.29, 0.717) is 0 Å². The van der Waals surface area contributed by atoms with Crippen molar-refractivity contribution in [1.82, 2.24) is 0 Å². The van der Waals surface area contributed by atoms with Gasteiger partial charge in [-0.25, -0.2) is 0 Å². The van der Waals surface area contributed by atoms with Crippen LogP contribution >= 0.6 is 0 Å². The number of phenols is 2. The van der Waals surface area contributed by atoms with Crippen LogP contribution < -0.4 is 0 Å². The van der Waals surface area contributed by atoms with Gasteiger partial charge in [-0.3, -0.25) is 0 Å². The molecular weight excluding hydrogens is 156 g/mol. The van der Waals surface area contributed by atoms with Gasteiger partial charge in [-0.05, 0) is 26.0 Å². The fraction of sp³-hybridized carbons (Fsp3) is 0.333. The molecule has 1 aromatic carbocycles. The lowest BCUT2D eigenvalue weighted by atomic mass is 10.3. The second-order valence-corrected chi connectivity index (χ2v) is 2.58. The van der Waals surface area contributed by atoms with Crippen molar-refractivity contribution < 1.29 is 15.3 Å². The summed E-state index contributed by atoms with van der Waals surface area (Å²) in [5.74, 6) is -0.153. The highest BCUT2D eigenvalue weighted by Gasteiger charge is 1.90. The van der Waals surface area contributed by atoms with Crippen molar-refractivity contribution in [2.75, 3.05) is 0 Å². The summed E-state index contributed by atoms with van der Waals surface area (Å²) in [5.41, 5.74) is 0. The zero-order valence-corrected chi connectivity index (χ0v) is 7.23. The van der Waals surface area contributed by atoms with E-state index in [0.717, 1.165) is 0 Å². The normalized spacial score (nSPS) is 9.00. The number of aromatic hydroxyl groups is 2. The zero-order valence-electron chi connectivity index (χ0n) is 7.23. The number of benzene rings is 1. The second kappa shape index (κ2) is 5.43. The summed E-state index contributed by atoms with van der Waals surface area (Å²) in [6.45, 7) is 3.44. The second-order valence-electron chi connectivity index (χ2n) is 2.58. The van der Waals surface area contributed by atoms with E-state index in [1.165, 1.54) is 12.1 Å². The number of aliphatic hydroxyl groups is 1. The van der Waals surface area contributed by atoms with E-state index in [4.69, 9.17) is 15.3 Å². The first kappa shape index (κ1) is 10.8. The van der Waals surface area contributed by atoms with Crippen molar-refractivity contribution in [2.45, 2.75) is 20.0 Å². The molecule has 3 N–H and O–H groups in total.